The van der Waals surface area contributed by atoms with Gasteiger partial charge in [-0.2, -0.15) is 0 Å². The minimum atomic E-state index is -0.477. The number of hydrogen-bond acceptors (Lipinski definition) is 4. The van der Waals surface area contributed by atoms with Crippen LogP contribution in [0.3, 0.4) is 0 Å². The molecule has 6 heteroatoms. The van der Waals surface area contributed by atoms with Gasteiger partial charge in [0.25, 0.3) is 0 Å². The molecule has 120 valence electrons. The molecule has 1 aromatic rings. The van der Waals surface area contributed by atoms with Crippen molar-refractivity contribution in [3.63, 3.8) is 0 Å². The Morgan fingerprint density at radius 1 is 1.45 bits per heavy atom. The van der Waals surface area contributed by atoms with Gasteiger partial charge in [0.1, 0.15) is 5.75 Å². The van der Waals surface area contributed by atoms with E-state index < -0.39 is 5.92 Å². The van der Waals surface area contributed by atoms with Gasteiger partial charge in [-0.15, -0.1) is 0 Å². The zero-order valence-corrected chi connectivity index (χ0v) is 12.9. The SMILES string of the molecule is CCN1C(=O)C[C@@H](C(=O)NCCO)[C@@H]1c1ccccc1OC. The highest BCUT2D eigenvalue weighted by molar-refractivity contribution is 5.90. The second kappa shape index (κ2) is 7.26. The van der Waals surface area contributed by atoms with Crippen molar-refractivity contribution < 1.29 is 19.4 Å². The number of nitrogens with zero attached hydrogens (tertiary/aromatic N) is 1. The Labute approximate surface area is 130 Å². The van der Waals surface area contributed by atoms with Crippen molar-refractivity contribution in [1.29, 1.82) is 0 Å². The van der Waals surface area contributed by atoms with Gasteiger partial charge in [0.15, 0.2) is 0 Å². The molecule has 0 radical (unpaired) electrons. The molecule has 2 rings (SSSR count). The molecule has 0 saturated carbocycles. The molecule has 0 spiro atoms. The number of methoxy groups -OCH3 is 1. The summed E-state index contributed by atoms with van der Waals surface area (Å²) in [6.45, 7) is 2.50. The van der Waals surface area contributed by atoms with Crippen LogP contribution in [0.15, 0.2) is 24.3 Å². The van der Waals surface area contributed by atoms with Crippen molar-refractivity contribution >= 4 is 11.8 Å². The molecule has 1 aliphatic heterocycles. The second-order valence-corrected chi connectivity index (χ2v) is 5.19. The van der Waals surface area contributed by atoms with Gasteiger partial charge in [-0.05, 0) is 13.0 Å². The Morgan fingerprint density at radius 3 is 2.82 bits per heavy atom. The van der Waals surface area contributed by atoms with Crippen molar-refractivity contribution in [2.45, 2.75) is 19.4 Å². The maximum atomic E-state index is 12.4. The molecular weight excluding hydrogens is 284 g/mol. The standard InChI is InChI=1S/C16H22N2O4/c1-3-18-14(20)10-12(16(21)17-8-9-19)15(18)11-6-4-5-7-13(11)22-2/h4-7,12,15,19H,3,8-10H2,1-2H3,(H,17,21)/t12-,15+/m1/s1. The van der Waals surface area contributed by atoms with E-state index in [9.17, 15) is 9.59 Å². The first-order chi connectivity index (χ1) is 10.6. The molecule has 1 saturated heterocycles. The fraction of sp³-hybridized carbons (Fsp3) is 0.500. The number of para-hydroxylation sites is 1. The highest BCUT2D eigenvalue weighted by Gasteiger charge is 2.44. The molecule has 2 amide bonds. The largest absolute Gasteiger partial charge is 0.496 e. The van der Waals surface area contributed by atoms with Gasteiger partial charge in [-0.25, -0.2) is 0 Å². The maximum absolute atomic E-state index is 12.4. The van der Waals surface area contributed by atoms with E-state index in [2.05, 4.69) is 5.32 Å². The quantitative estimate of drug-likeness (QED) is 0.811. The number of likely N-dealkylation sites (tertiary alicyclic amines) is 1. The highest BCUT2D eigenvalue weighted by Crippen LogP contribution is 2.41. The normalized spacial score (nSPS) is 21.0. The van der Waals surface area contributed by atoms with Crippen LogP contribution in [0.4, 0.5) is 0 Å². The lowest BCUT2D eigenvalue weighted by molar-refractivity contribution is -0.129. The van der Waals surface area contributed by atoms with Crippen LogP contribution in [0, 0.1) is 5.92 Å². The predicted octanol–water partition coefficient (Wildman–Crippen LogP) is 0.713. The van der Waals surface area contributed by atoms with Crippen LogP contribution in [0.2, 0.25) is 0 Å². The summed E-state index contributed by atoms with van der Waals surface area (Å²) >= 11 is 0. The third-order valence-electron chi connectivity index (χ3n) is 3.98. The predicted molar refractivity (Wildman–Crippen MR) is 81.3 cm³/mol. The third kappa shape index (κ3) is 3.06. The van der Waals surface area contributed by atoms with Crippen LogP contribution in [-0.4, -0.2) is 48.6 Å². The molecule has 2 atom stereocenters. The number of aliphatic hydroxyl groups excluding tert-OH is 1. The number of rotatable bonds is 6. The molecule has 6 nitrogen and oxygen atoms in total. The summed E-state index contributed by atoms with van der Waals surface area (Å²) in [5, 5.41) is 11.5. The van der Waals surface area contributed by atoms with E-state index in [1.807, 2.05) is 31.2 Å². The summed E-state index contributed by atoms with van der Waals surface area (Å²) in [7, 11) is 1.58. The van der Waals surface area contributed by atoms with Crippen LogP contribution in [-0.2, 0) is 9.59 Å². The number of carbonyl (C=O) groups excluding carboxylic acids is 2. The minimum absolute atomic E-state index is 0.0393. The third-order valence-corrected chi connectivity index (χ3v) is 3.98. The van der Waals surface area contributed by atoms with E-state index in [1.54, 1.807) is 12.0 Å². The van der Waals surface area contributed by atoms with E-state index in [4.69, 9.17) is 9.84 Å². The molecule has 0 bridgehead atoms. The number of hydrogen-bond donors (Lipinski definition) is 2. The van der Waals surface area contributed by atoms with Crippen molar-refractivity contribution in [3.05, 3.63) is 29.8 Å². The Kier molecular flexibility index (Phi) is 5.38. The summed E-state index contributed by atoms with van der Waals surface area (Å²) in [4.78, 5) is 26.3. The maximum Gasteiger partial charge on any atom is 0.226 e. The van der Waals surface area contributed by atoms with Gasteiger partial charge in [0, 0.05) is 25.1 Å². The molecular formula is C16H22N2O4. The first kappa shape index (κ1) is 16.3. The van der Waals surface area contributed by atoms with Crippen LogP contribution in [0.25, 0.3) is 0 Å². The Hall–Kier alpha value is -2.08. The zero-order valence-electron chi connectivity index (χ0n) is 12.9. The lowest BCUT2D eigenvalue weighted by atomic mass is 9.92. The summed E-state index contributed by atoms with van der Waals surface area (Å²) in [5.41, 5.74) is 0.835. The van der Waals surface area contributed by atoms with Gasteiger partial charge in [0.05, 0.1) is 25.7 Å². The number of ether oxygens (including phenoxy) is 1. The van der Waals surface area contributed by atoms with Crippen molar-refractivity contribution in [2.75, 3.05) is 26.8 Å². The first-order valence-electron chi connectivity index (χ1n) is 7.45. The van der Waals surface area contributed by atoms with E-state index in [-0.39, 0.29) is 37.4 Å². The van der Waals surface area contributed by atoms with Crippen molar-refractivity contribution in [1.82, 2.24) is 10.2 Å². The molecule has 1 heterocycles. The van der Waals surface area contributed by atoms with Crippen molar-refractivity contribution in [2.24, 2.45) is 5.92 Å². The van der Waals surface area contributed by atoms with Crippen molar-refractivity contribution in [3.8, 4) is 5.75 Å². The monoisotopic (exact) mass is 306 g/mol. The lowest BCUT2D eigenvalue weighted by Crippen LogP contribution is -2.36. The average molecular weight is 306 g/mol. The van der Waals surface area contributed by atoms with Crippen LogP contribution in [0.5, 0.6) is 5.75 Å². The molecule has 2 N–H and O–H groups in total. The number of aliphatic hydroxyl groups is 1. The average Bonchev–Trinajstić information content (AvgIpc) is 2.88. The van der Waals surface area contributed by atoms with Gasteiger partial charge >= 0.3 is 0 Å². The summed E-state index contributed by atoms with van der Waals surface area (Å²) in [5.74, 6) is -0.0623. The van der Waals surface area contributed by atoms with E-state index in [0.29, 0.717) is 12.3 Å². The Morgan fingerprint density at radius 2 is 2.18 bits per heavy atom. The number of amides is 2. The zero-order chi connectivity index (χ0) is 16.1. The Bertz CT molecular complexity index is 547. The molecule has 22 heavy (non-hydrogen) atoms. The van der Waals surface area contributed by atoms with Crippen LogP contribution >= 0.6 is 0 Å². The second-order valence-electron chi connectivity index (χ2n) is 5.19. The fourth-order valence-corrected chi connectivity index (χ4v) is 3.00. The van der Waals surface area contributed by atoms with Crippen LogP contribution < -0.4 is 10.1 Å². The molecule has 1 aromatic carbocycles. The molecule has 0 aliphatic carbocycles. The van der Waals surface area contributed by atoms with E-state index >= 15 is 0 Å². The summed E-state index contributed by atoms with van der Waals surface area (Å²) in [6, 6.07) is 7.10. The lowest BCUT2D eigenvalue weighted by Gasteiger charge is -2.28. The molecule has 1 aliphatic rings. The van der Waals surface area contributed by atoms with Gasteiger partial charge in [-0.1, -0.05) is 18.2 Å². The molecule has 0 unspecified atom stereocenters. The Balaban J connectivity index is 2.36. The van der Waals surface area contributed by atoms with Gasteiger partial charge < -0.3 is 20.1 Å². The van der Waals surface area contributed by atoms with Gasteiger partial charge in [0.2, 0.25) is 11.8 Å². The first-order valence-corrected chi connectivity index (χ1v) is 7.45. The topological polar surface area (TPSA) is 78.9 Å². The number of nitrogens with one attached hydrogen (secondary N) is 1. The minimum Gasteiger partial charge on any atom is -0.496 e. The molecule has 1 fully saturated rings. The van der Waals surface area contributed by atoms with E-state index in [1.165, 1.54) is 0 Å². The van der Waals surface area contributed by atoms with E-state index in [0.717, 1.165) is 5.56 Å². The smallest absolute Gasteiger partial charge is 0.226 e. The summed E-state index contributed by atoms with van der Waals surface area (Å²) in [6.07, 6.45) is 0.174. The van der Waals surface area contributed by atoms with Crippen LogP contribution in [0.1, 0.15) is 24.9 Å². The number of benzene rings is 1. The highest BCUT2D eigenvalue weighted by atomic mass is 16.5. The van der Waals surface area contributed by atoms with Gasteiger partial charge in [-0.3, -0.25) is 9.59 Å². The number of carbonyl (C=O) groups is 2. The summed E-state index contributed by atoms with van der Waals surface area (Å²) < 4.78 is 5.39. The molecule has 0 aromatic heterocycles. The fourth-order valence-electron chi connectivity index (χ4n) is 3.00.